The summed E-state index contributed by atoms with van der Waals surface area (Å²) in [4.78, 5) is 61.1. The van der Waals surface area contributed by atoms with Gasteiger partial charge in [0, 0.05) is 23.3 Å². The summed E-state index contributed by atoms with van der Waals surface area (Å²) in [5.74, 6) is -2.70. The number of aromatic nitrogens is 1. The molecule has 2 aromatic carbocycles. The van der Waals surface area contributed by atoms with Gasteiger partial charge in [-0.3, -0.25) is 19.1 Å². The lowest BCUT2D eigenvalue weighted by Gasteiger charge is -2.32. The molecular weight excluding hydrogens is 758 g/mol. The number of hydrogen-bond donors (Lipinski definition) is 4. The normalized spacial score (nSPS) is 29.1. The molecule has 4 N–H and O–H groups in total. The van der Waals surface area contributed by atoms with Gasteiger partial charge in [0.25, 0.3) is 5.91 Å². The number of sulfonamides is 1. The standard InChI is InChI=1S/C41H48FN5O9S/c1-23-7-5-6-8-27-21-41(27,38(50)46-57(53,54)40(3)15-16-40)45-35(48)33-20-30(22-47(33)37(49)34(24(2)17-23)44-39(51)52)56-36-31-14-13-29(55-4)18-26(31)19-32(43-36)25-9-11-28(42)12-10-25/h6,8-14,18-19,23-24,27,30,33-34,44H,5,7,15-17,20-22H2,1-4H3,(H,45,48)(H,46,50)(H,51,52)/b8-6-/t23-,24+,27+,30+,33-,34-,41+/m0/s1. The summed E-state index contributed by atoms with van der Waals surface area (Å²) in [5.41, 5.74) is -0.505. The van der Waals surface area contributed by atoms with Crippen molar-refractivity contribution in [2.45, 2.75) is 94.2 Å². The number of rotatable bonds is 8. The number of amides is 4. The van der Waals surface area contributed by atoms with Crippen LogP contribution in [0, 0.1) is 23.6 Å². The van der Waals surface area contributed by atoms with Crippen molar-refractivity contribution in [2.75, 3.05) is 13.7 Å². The minimum absolute atomic E-state index is 0.0587. The smallest absolute Gasteiger partial charge is 0.405 e. The molecule has 7 atom stereocenters. The van der Waals surface area contributed by atoms with E-state index in [1.54, 1.807) is 44.2 Å². The van der Waals surface area contributed by atoms with Crippen LogP contribution in [0.4, 0.5) is 9.18 Å². The van der Waals surface area contributed by atoms with E-state index >= 15 is 0 Å². The average molecular weight is 806 g/mol. The van der Waals surface area contributed by atoms with Gasteiger partial charge in [-0.05, 0) is 111 Å². The zero-order valence-electron chi connectivity index (χ0n) is 32.3. The van der Waals surface area contributed by atoms with Crippen molar-refractivity contribution in [3.05, 3.63) is 66.5 Å². The molecule has 2 aliphatic heterocycles. The molecule has 2 aliphatic carbocycles. The highest BCUT2D eigenvalue weighted by atomic mass is 32.2. The Morgan fingerprint density at radius 3 is 2.49 bits per heavy atom. The van der Waals surface area contributed by atoms with E-state index in [0.717, 1.165) is 0 Å². The van der Waals surface area contributed by atoms with Crippen molar-refractivity contribution in [1.82, 2.24) is 25.2 Å². The number of halogens is 1. The first kappa shape index (κ1) is 40.0. The number of fused-ring (bicyclic) bond motifs is 3. The number of nitrogens with one attached hydrogen (secondary N) is 3. The number of allylic oxidation sites excluding steroid dienone is 1. The second-order valence-electron chi connectivity index (χ2n) is 16.3. The maximum atomic E-state index is 14.6. The molecule has 0 unspecified atom stereocenters. The van der Waals surface area contributed by atoms with E-state index in [1.807, 2.05) is 25.1 Å². The fourth-order valence-corrected chi connectivity index (χ4v) is 9.39. The van der Waals surface area contributed by atoms with Crippen molar-refractivity contribution in [2.24, 2.45) is 17.8 Å². The third-order valence-corrected chi connectivity index (χ3v) is 14.1. The molecule has 57 heavy (non-hydrogen) atoms. The van der Waals surface area contributed by atoms with E-state index in [0.29, 0.717) is 59.9 Å². The topological polar surface area (TPSA) is 193 Å². The highest BCUT2D eigenvalue weighted by Crippen LogP contribution is 2.48. The van der Waals surface area contributed by atoms with Gasteiger partial charge in [-0.25, -0.2) is 22.6 Å². The first-order valence-electron chi connectivity index (χ1n) is 19.3. The van der Waals surface area contributed by atoms with Crippen LogP contribution in [0.5, 0.6) is 11.6 Å². The zero-order valence-corrected chi connectivity index (χ0v) is 33.1. The Morgan fingerprint density at radius 2 is 1.81 bits per heavy atom. The molecule has 4 aliphatic rings. The Balaban J connectivity index is 1.25. The van der Waals surface area contributed by atoms with Gasteiger partial charge < -0.3 is 30.1 Å². The van der Waals surface area contributed by atoms with Crippen LogP contribution in [0.3, 0.4) is 0 Å². The van der Waals surface area contributed by atoms with Crippen LogP contribution in [-0.4, -0.2) is 89.4 Å². The number of carboxylic acid groups (broad SMARTS) is 1. The molecule has 0 bridgehead atoms. The van der Waals surface area contributed by atoms with Crippen LogP contribution in [0.2, 0.25) is 0 Å². The summed E-state index contributed by atoms with van der Waals surface area (Å²) in [6, 6.07) is 10.5. The number of carbonyl (C=O) groups excluding carboxylic acids is 3. The molecule has 0 radical (unpaired) electrons. The lowest BCUT2D eigenvalue weighted by Crippen LogP contribution is -2.59. The van der Waals surface area contributed by atoms with Crippen molar-refractivity contribution in [1.29, 1.82) is 0 Å². The second kappa shape index (κ2) is 15.3. The summed E-state index contributed by atoms with van der Waals surface area (Å²) in [6.07, 6.45) is 4.28. The minimum Gasteiger partial charge on any atom is -0.497 e. The van der Waals surface area contributed by atoms with E-state index < -0.39 is 80.0 Å². The Labute approximate surface area is 330 Å². The molecular formula is C41H48FN5O9S. The minimum atomic E-state index is -4.04. The van der Waals surface area contributed by atoms with Gasteiger partial charge in [-0.2, -0.15) is 0 Å². The summed E-state index contributed by atoms with van der Waals surface area (Å²) in [5, 5.41) is 16.4. The number of carbonyl (C=O) groups is 4. The largest absolute Gasteiger partial charge is 0.497 e. The van der Waals surface area contributed by atoms with Crippen LogP contribution in [0.1, 0.15) is 65.7 Å². The molecule has 3 aromatic rings. The Hall–Kier alpha value is -5.25. The first-order valence-corrected chi connectivity index (χ1v) is 20.8. The molecule has 16 heteroatoms. The molecule has 1 saturated heterocycles. The third-order valence-electron chi connectivity index (χ3n) is 11.9. The average Bonchev–Trinajstić information content (AvgIpc) is 4.05. The van der Waals surface area contributed by atoms with Crippen LogP contribution in [0.25, 0.3) is 22.0 Å². The zero-order chi connectivity index (χ0) is 40.9. The lowest BCUT2D eigenvalue weighted by atomic mass is 9.88. The van der Waals surface area contributed by atoms with Gasteiger partial charge in [0.15, 0.2) is 0 Å². The Bertz CT molecular complexity index is 2230. The third kappa shape index (κ3) is 8.14. The number of ether oxygens (including phenoxy) is 2. The highest BCUT2D eigenvalue weighted by Gasteiger charge is 2.63. The maximum Gasteiger partial charge on any atom is 0.405 e. The van der Waals surface area contributed by atoms with Crippen molar-refractivity contribution in [3.8, 4) is 22.9 Å². The number of pyridine rings is 1. The molecule has 14 nitrogen and oxygen atoms in total. The number of benzene rings is 2. The van der Waals surface area contributed by atoms with Gasteiger partial charge in [-0.15, -0.1) is 0 Å². The molecule has 3 heterocycles. The van der Waals surface area contributed by atoms with Crippen LogP contribution in [-0.2, 0) is 24.4 Å². The monoisotopic (exact) mass is 805 g/mol. The molecule has 304 valence electrons. The summed E-state index contributed by atoms with van der Waals surface area (Å²) in [7, 11) is -2.50. The second-order valence-corrected chi connectivity index (χ2v) is 18.5. The molecule has 3 fully saturated rings. The number of methoxy groups -OCH3 is 1. The van der Waals surface area contributed by atoms with Gasteiger partial charge >= 0.3 is 6.09 Å². The Kier molecular flexibility index (Phi) is 10.7. The summed E-state index contributed by atoms with van der Waals surface area (Å²) < 4.78 is 53.4. The maximum absolute atomic E-state index is 14.6. The number of nitrogens with zero attached hydrogens (tertiary/aromatic N) is 2. The van der Waals surface area contributed by atoms with Crippen molar-refractivity contribution < 1.29 is 46.6 Å². The van der Waals surface area contributed by atoms with Crippen LogP contribution in [0.15, 0.2) is 60.7 Å². The molecule has 7 rings (SSSR count). The first-order chi connectivity index (χ1) is 27.0. The van der Waals surface area contributed by atoms with E-state index in [2.05, 4.69) is 15.4 Å². The molecule has 0 spiro atoms. The SMILES string of the molecule is COc1ccc2c(O[C@@H]3C[C@H]4C(=O)N[C@]5(C(=O)NS(=O)(=O)C6(C)CC6)C[C@H]5/C=C\CC[C@H](C)C[C@@H](C)[C@H](NC(=O)O)C(=O)N4C3)nc(-c3ccc(F)cc3)cc2c1. The van der Waals surface area contributed by atoms with Crippen LogP contribution >= 0.6 is 0 Å². The van der Waals surface area contributed by atoms with E-state index in [1.165, 1.54) is 24.1 Å². The predicted molar refractivity (Wildman–Crippen MR) is 208 cm³/mol. The fourth-order valence-electron chi connectivity index (χ4n) is 8.08. The number of hydrogen-bond acceptors (Lipinski definition) is 9. The highest BCUT2D eigenvalue weighted by molar-refractivity contribution is 7.91. The fraction of sp³-hybridized carbons (Fsp3) is 0.488. The molecule has 2 saturated carbocycles. The van der Waals surface area contributed by atoms with Crippen molar-refractivity contribution in [3.63, 3.8) is 0 Å². The van der Waals surface area contributed by atoms with Gasteiger partial charge in [0.1, 0.15) is 35.3 Å². The predicted octanol–water partition coefficient (Wildman–Crippen LogP) is 4.92. The summed E-state index contributed by atoms with van der Waals surface area (Å²) >= 11 is 0. The van der Waals surface area contributed by atoms with Crippen LogP contribution < -0.4 is 24.8 Å². The van der Waals surface area contributed by atoms with E-state index in [9.17, 15) is 37.1 Å². The summed E-state index contributed by atoms with van der Waals surface area (Å²) in [6.45, 7) is 5.24. The van der Waals surface area contributed by atoms with Gasteiger partial charge in [0.05, 0.1) is 24.1 Å². The molecule has 4 amide bonds. The lowest BCUT2D eigenvalue weighted by molar-refractivity contribution is -0.142. The van der Waals surface area contributed by atoms with Crippen molar-refractivity contribution >= 4 is 44.6 Å². The van der Waals surface area contributed by atoms with E-state index in [-0.39, 0.29) is 31.2 Å². The van der Waals surface area contributed by atoms with E-state index in [4.69, 9.17) is 14.5 Å². The molecule has 1 aromatic heterocycles. The van der Waals surface area contributed by atoms with Gasteiger partial charge in [-0.1, -0.05) is 26.0 Å². The Morgan fingerprint density at radius 1 is 1.07 bits per heavy atom. The quantitative estimate of drug-likeness (QED) is 0.227. The van der Waals surface area contributed by atoms with Gasteiger partial charge in [0.2, 0.25) is 27.7 Å².